The van der Waals surface area contributed by atoms with Crippen LogP contribution in [0.15, 0.2) is 29.6 Å². The SMILES string of the molecule is C[n+]1cccc(C=NNC(=O)CC23CC4CC(CC(C4)C2)C3)c1.[I-]. The predicted octanol–water partition coefficient (Wildman–Crippen LogP) is -0.428. The van der Waals surface area contributed by atoms with E-state index < -0.39 is 0 Å². The average molecular weight is 439 g/mol. The van der Waals surface area contributed by atoms with Crippen LogP contribution in [0.3, 0.4) is 0 Å². The molecule has 0 aromatic carbocycles. The number of carbonyl (C=O) groups is 1. The highest BCUT2D eigenvalue weighted by atomic mass is 127. The van der Waals surface area contributed by atoms with Gasteiger partial charge < -0.3 is 24.0 Å². The molecule has 4 aliphatic carbocycles. The van der Waals surface area contributed by atoms with Crippen LogP contribution in [0.5, 0.6) is 0 Å². The molecule has 5 heteroatoms. The highest BCUT2D eigenvalue weighted by molar-refractivity contribution is 5.82. The van der Waals surface area contributed by atoms with E-state index in [0.29, 0.717) is 6.42 Å². The molecule has 4 aliphatic rings. The molecule has 4 nitrogen and oxygen atoms in total. The zero-order chi connectivity index (χ0) is 15.9. The zero-order valence-electron chi connectivity index (χ0n) is 14.2. The molecular weight excluding hydrogens is 413 g/mol. The third-order valence-corrected chi connectivity index (χ3v) is 6.07. The highest BCUT2D eigenvalue weighted by Crippen LogP contribution is 2.61. The minimum absolute atomic E-state index is 0. The van der Waals surface area contributed by atoms with Crippen LogP contribution in [0.1, 0.15) is 50.5 Å². The van der Waals surface area contributed by atoms with Crippen molar-refractivity contribution in [3.63, 3.8) is 0 Å². The van der Waals surface area contributed by atoms with Crippen molar-refractivity contribution in [1.82, 2.24) is 5.43 Å². The number of halogens is 1. The van der Waals surface area contributed by atoms with Crippen LogP contribution in [-0.2, 0) is 11.8 Å². The Labute approximate surface area is 161 Å². The van der Waals surface area contributed by atoms with Gasteiger partial charge in [0.05, 0.1) is 11.8 Å². The van der Waals surface area contributed by atoms with Gasteiger partial charge in [0.25, 0.3) is 0 Å². The van der Waals surface area contributed by atoms with Gasteiger partial charge in [0.15, 0.2) is 12.4 Å². The van der Waals surface area contributed by atoms with E-state index in [1.54, 1.807) is 6.21 Å². The summed E-state index contributed by atoms with van der Waals surface area (Å²) in [4.78, 5) is 12.4. The van der Waals surface area contributed by atoms with Gasteiger partial charge in [0.2, 0.25) is 5.91 Å². The number of aryl methyl sites for hydroxylation is 1. The van der Waals surface area contributed by atoms with Crippen molar-refractivity contribution in [2.24, 2.45) is 35.3 Å². The second-order valence-corrected chi connectivity index (χ2v) is 8.19. The van der Waals surface area contributed by atoms with Gasteiger partial charge in [0, 0.05) is 12.5 Å². The van der Waals surface area contributed by atoms with Gasteiger partial charge in [-0.05, 0) is 67.8 Å². The largest absolute Gasteiger partial charge is 1.00 e. The molecule has 1 N–H and O–H groups in total. The summed E-state index contributed by atoms with van der Waals surface area (Å²) in [5.41, 5.74) is 4.02. The summed E-state index contributed by atoms with van der Waals surface area (Å²) in [6.45, 7) is 0. The molecule has 0 radical (unpaired) electrons. The van der Waals surface area contributed by atoms with Crippen molar-refractivity contribution in [3.05, 3.63) is 30.1 Å². The number of hydrogen-bond acceptors (Lipinski definition) is 2. The molecule has 4 bridgehead atoms. The summed E-state index contributed by atoms with van der Waals surface area (Å²) in [6, 6.07) is 3.95. The number of nitrogens with zero attached hydrogens (tertiary/aromatic N) is 2. The number of hydrogen-bond donors (Lipinski definition) is 1. The normalized spacial score (nSPS) is 33.5. The maximum absolute atomic E-state index is 12.4. The van der Waals surface area contributed by atoms with E-state index in [4.69, 9.17) is 0 Å². The van der Waals surface area contributed by atoms with Crippen molar-refractivity contribution in [3.8, 4) is 0 Å². The summed E-state index contributed by atoms with van der Waals surface area (Å²) < 4.78 is 1.97. The monoisotopic (exact) mass is 439 g/mol. The van der Waals surface area contributed by atoms with Crippen LogP contribution in [0.2, 0.25) is 0 Å². The number of carbonyl (C=O) groups excluding carboxylic acids is 1. The molecule has 0 aliphatic heterocycles. The molecule has 0 saturated heterocycles. The smallest absolute Gasteiger partial charge is 0.240 e. The van der Waals surface area contributed by atoms with Gasteiger partial charge in [-0.3, -0.25) is 4.79 Å². The lowest BCUT2D eigenvalue weighted by atomic mass is 9.49. The van der Waals surface area contributed by atoms with Gasteiger partial charge in [-0.15, -0.1) is 0 Å². The molecule has 1 aromatic heterocycles. The maximum Gasteiger partial charge on any atom is 0.240 e. The average Bonchev–Trinajstić information content (AvgIpc) is 2.45. The molecule has 1 aromatic rings. The Morgan fingerprint density at radius 2 is 1.92 bits per heavy atom. The predicted molar refractivity (Wildman–Crippen MR) is 88.6 cm³/mol. The molecular formula is C19H26IN3O. The van der Waals surface area contributed by atoms with E-state index in [2.05, 4.69) is 10.5 Å². The summed E-state index contributed by atoms with van der Waals surface area (Å²) in [5.74, 6) is 2.76. The summed E-state index contributed by atoms with van der Waals surface area (Å²) >= 11 is 0. The molecule has 24 heavy (non-hydrogen) atoms. The first-order chi connectivity index (χ1) is 11.1. The van der Waals surface area contributed by atoms with Crippen LogP contribution in [0.25, 0.3) is 0 Å². The van der Waals surface area contributed by atoms with Crippen LogP contribution in [0.4, 0.5) is 0 Å². The fourth-order valence-electron chi connectivity index (χ4n) is 5.75. The molecule has 0 atom stereocenters. The Morgan fingerprint density at radius 3 is 2.50 bits per heavy atom. The first kappa shape index (κ1) is 17.8. The van der Waals surface area contributed by atoms with Gasteiger partial charge in [-0.1, -0.05) is 0 Å². The van der Waals surface area contributed by atoms with E-state index in [1.807, 2.05) is 36.1 Å². The molecule has 1 amide bonds. The minimum Gasteiger partial charge on any atom is -1.00 e. The summed E-state index contributed by atoms with van der Waals surface area (Å²) in [7, 11) is 1.98. The van der Waals surface area contributed by atoms with E-state index >= 15 is 0 Å². The first-order valence-electron chi connectivity index (χ1n) is 8.87. The van der Waals surface area contributed by atoms with E-state index in [-0.39, 0.29) is 35.3 Å². The molecule has 4 saturated carbocycles. The number of aromatic nitrogens is 1. The fourth-order valence-corrected chi connectivity index (χ4v) is 5.75. The lowest BCUT2D eigenvalue weighted by molar-refractivity contribution is -0.671. The maximum atomic E-state index is 12.4. The number of pyridine rings is 1. The third kappa shape index (κ3) is 3.81. The molecule has 0 unspecified atom stereocenters. The molecule has 0 spiro atoms. The Balaban J connectivity index is 0.00000169. The Bertz CT molecular complexity index is 608. The van der Waals surface area contributed by atoms with Crippen molar-refractivity contribution >= 4 is 12.1 Å². The topological polar surface area (TPSA) is 45.3 Å². The van der Waals surface area contributed by atoms with E-state index in [1.165, 1.54) is 38.5 Å². The van der Waals surface area contributed by atoms with E-state index in [0.717, 1.165) is 23.3 Å². The van der Waals surface area contributed by atoms with Crippen molar-refractivity contribution in [1.29, 1.82) is 0 Å². The minimum atomic E-state index is 0. The quantitative estimate of drug-likeness (QED) is 0.295. The van der Waals surface area contributed by atoms with Crippen molar-refractivity contribution < 1.29 is 33.3 Å². The van der Waals surface area contributed by atoms with Gasteiger partial charge in [-0.2, -0.15) is 5.10 Å². The Morgan fingerprint density at radius 1 is 1.29 bits per heavy atom. The summed E-state index contributed by atoms with van der Waals surface area (Å²) in [5, 5.41) is 4.14. The number of rotatable bonds is 4. The van der Waals surface area contributed by atoms with Crippen LogP contribution >= 0.6 is 0 Å². The number of hydrazone groups is 1. The van der Waals surface area contributed by atoms with Gasteiger partial charge >= 0.3 is 0 Å². The molecule has 1 heterocycles. The third-order valence-electron chi connectivity index (χ3n) is 6.07. The van der Waals surface area contributed by atoms with Crippen LogP contribution in [-0.4, -0.2) is 12.1 Å². The Kier molecular flexibility index (Phi) is 5.27. The first-order valence-corrected chi connectivity index (χ1v) is 8.87. The number of nitrogens with one attached hydrogen (secondary N) is 1. The van der Waals surface area contributed by atoms with E-state index in [9.17, 15) is 4.79 Å². The zero-order valence-corrected chi connectivity index (χ0v) is 16.4. The lowest BCUT2D eigenvalue weighted by Crippen LogP contribution is -3.00. The molecule has 5 rings (SSSR count). The number of amides is 1. The molecule has 130 valence electrons. The standard InChI is InChI=1S/C19H25N3O.HI/c1-22-4-2-3-14(13-22)12-20-21-18(23)11-19-8-15-5-16(9-19)7-17(6-15)10-19;/h2-4,12-13,15-17H,5-11H2,1H3;1H. The highest BCUT2D eigenvalue weighted by Gasteiger charge is 2.51. The lowest BCUT2D eigenvalue weighted by Gasteiger charge is -2.56. The molecule has 4 fully saturated rings. The second kappa shape index (κ2) is 7.10. The fraction of sp³-hybridized carbons (Fsp3) is 0.632. The van der Waals surface area contributed by atoms with Gasteiger partial charge in [0.1, 0.15) is 7.05 Å². The van der Waals surface area contributed by atoms with Crippen LogP contribution < -0.4 is 34.0 Å². The Hall–Kier alpha value is -0.980. The summed E-state index contributed by atoms with van der Waals surface area (Å²) in [6.07, 6.45) is 14.4. The van der Waals surface area contributed by atoms with Crippen molar-refractivity contribution in [2.45, 2.75) is 44.9 Å². The second-order valence-electron chi connectivity index (χ2n) is 8.19. The van der Waals surface area contributed by atoms with Crippen LogP contribution in [0, 0.1) is 23.2 Å². The van der Waals surface area contributed by atoms with Gasteiger partial charge in [-0.25, -0.2) is 9.99 Å². The van der Waals surface area contributed by atoms with Crippen molar-refractivity contribution in [2.75, 3.05) is 0 Å².